The van der Waals surface area contributed by atoms with Crippen molar-refractivity contribution in [2.45, 2.75) is 58.8 Å². The summed E-state index contributed by atoms with van der Waals surface area (Å²) in [4.78, 5) is 10.4. The molecule has 0 saturated heterocycles. The molecule has 1 N–H and O–H groups in total. The van der Waals surface area contributed by atoms with E-state index in [9.17, 15) is 4.79 Å². The SMILES string of the molecule is CC1(C)[C@@H]2CC[C@H](C/C=C\CCCC(=O)O)[C@H]1C2. The maximum atomic E-state index is 10.4. The van der Waals surface area contributed by atoms with Crippen molar-refractivity contribution in [3.8, 4) is 0 Å². The van der Waals surface area contributed by atoms with Gasteiger partial charge in [-0.3, -0.25) is 4.79 Å². The van der Waals surface area contributed by atoms with Crippen molar-refractivity contribution in [1.29, 1.82) is 0 Å². The largest absolute Gasteiger partial charge is 0.481 e. The number of hydrogen-bond donors (Lipinski definition) is 1. The minimum atomic E-state index is -0.682. The highest BCUT2D eigenvalue weighted by Gasteiger charge is 2.53. The van der Waals surface area contributed by atoms with Gasteiger partial charge in [0.2, 0.25) is 0 Å². The van der Waals surface area contributed by atoms with Crippen LogP contribution in [-0.2, 0) is 4.79 Å². The summed E-state index contributed by atoms with van der Waals surface area (Å²) >= 11 is 0. The summed E-state index contributed by atoms with van der Waals surface area (Å²) in [6, 6.07) is 0. The first kappa shape index (κ1) is 13.6. The van der Waals surface area contributed by atoms with E-state index in [1.54, 1.807) is 0 Å². The third-order valence-corrected chi connectivity index (χ3v) is 5.37. The zero-order valence-electron chi connectivity index (χ0n) is 11.7. The summed E-state index contributed by atoms with van der Waals surface area (Å²) < 4.78 is 0. The maximum Gasteiger partial charge on any atom is 0.303 e. The fourth-order valence-corrected chi connectivity index (χ4v) is 4.00. The Morgan fingerprint density at radius 3 is 2.72 bits per heavy atom. The Morgan fingerprint density at radius 2 is 2.11 bits per heavy atom. The van der Waals surface area contributed by atoms with E-state index in [0.29, 0.717) is 11.8 Å². The van der Waals surface area contributed by atoms with E-state index in [4.69, 9.17) is 5.11 Å². The van der Waals surface area contributed by atoms with Gasteiger partial charge < -0.3 is 5.11 Å². The third kappa shape index (κ3) is 2.78. The fraction of sp³-hybridized carbons (Fsp3) is 0.812. The smallest absolute Gasteiger partial charge is 0.303 e. The van der Waals surface area contributed by atoms with Crippen LogP contribution in [0.4, 0.5) is 0 Å². The van der Waals surface area contributed by atoms with Gasteiger partial charge in [-0.15, -0.1) is 0 Å². The molecule has 0 amide bonds. The monoisotopic (exact) mass is 250 g/mol. The molecule has 0 aliphatic heterocycles. The number of carboxylic acid groups (broad SMARTS) is 1. The fourth-order valence-electron chi connectivity index (χ4n) is 4.00. The van der Waals surface area contributed by atoms with Gasteiger partial charge in [0.05, 0.1) is 0 Å². The van der Waals surface area contributed by atoms with Gasteiger partial charge in [0.25, 0.3) is 0 Å². The second kappa shape index (κ2) is 5.46. The predicted octanol–water partition coefficient (Wildman–Crippen LogP) is 4.26. The number of carbonyl (C=O) groups is 1. The molecule has 0 spiro atoms. The Hall–Kier alpha value is -0.790. The number of fused-ring (bicyclic) bond motifs is 2. The minimum absolute atomic E-state index is 0.297. The van der Waals surface area contributed by atoms with E-state index in [-0.39, 0.29) is 0 Å². The molecule has 3 fully saturated rings. The van der Waals surface area contributed by atoms with Crippen molar-refractivity contribution in [3.63, 3.8) is 0 Å². The number of carboxylic acids is 1. The first-order valence-corrected chi connectivity index (χ1v) is 7.38. The molecule has 3 saturated carbocycles. The molecule has 0 unspecified atom stereocenters. The molecular weight excluding hydrogens is 224 g/mol. The van der Waals surface area contributed by atoms with Gasteiger partial charge in [-0.05, 0) is 61.7 Å². The normalized spacial score (nSPS) is 33.3. The van der Waals surface area contributed by atoms with Crippen molar-refractivity contribution >= 4 is 5.97 Å². The molecule has 0 aromatic carbocycles. The van der Waals surface area contributed by atoms with Crippen molar-refractivity contribution < 1.29 is 9.90 Å². The minimum Gasteiger partial charge on any atom is -0.481 e. The number of allylic oxidation sites excluding steroid dienone is 2. The van der Waals surface area contributed by atoms with Crippen LogP contribution in [0.2, 0.25) is 0 Å². The second-order valence-corrected chi connectivity index (χ2v) is 6.69. The number of unbranched alkanes of at least 4 members (excludes halogenated alkanes) is 1. The number of hydrogen-bond acceptors (Lipinski definition) is 1. The summed E-state index contributed by atoms with van der Waals surface area (Å²) in [6.07, 6.45) is 11.9. The Kier molecular flexibility index (Phi) is 4.14. The summed E-state index contributed by atoms with van der Waals surface area (Å²) in [5.74, 6) is 2.11. The zero-order valence-corrected chi connectivity index (χ0v) is 11.7. The first-order chi connectivity index (χ1) is 8.51. The van der Waals surface area contributed by atoms with Crippen LogP contribution in [0.5, 0.6) is 0 Å². The van der Waals surface area contributed by atoms with Gasteiger partial charge in [0.15, 0.2) is 0 Å². The molecule has 2 bridgehead atoms. The molecule has 0 heterocycles. The number of rotatable bonds is 6. The van der Waals surface area contributed by atoms with Gasteiger partial charge in [-0.1, -0.05) is 26.0 Å². The Labute approximate surface area is 110 Å². The van der Waals surface area contributed by atoms with E-state index in [1.165, 1.54) is 25.7 Å². The van der Waals surface area contributed by atoms with E-state index >= 15 is 0 Å². The lowest BCUT2D eigenvalue weighted by Gasteiger charge is -2.60. The van der Waals surface area contributed by atoms with E-state index in [0.717, 1.165) is 30.6 Å². The lowest BCUT2D eigenvalue weighted by molar-refractivity contribution is -0.137. The Morgan fingerprint density at radius 1 is 1.33 bits per heavy atom. The molecule has 3 aliphatic carbocycles. The van der Waals surface area contributed by atoms with Gasteiger partial charge in [0.1, 0.15) is 0 Å². The van der Waals surface area contributed by atoms with E-state index < -0.39 is 5.97 Å². The molecule has 102 valence electrons. The molecule has 3 rings (SSSR count). The van der Waals surface area contributed by atoms with Gasteiger partial charge in [-0.2, -0.15) is 0 Å². The molecule has 2 heteroatoms. The van der Waals surface area contributed by atoms with Crippen LogP contribution in [0.1, 0.15) is 58.8 Å². The molecule has 0 radical (unpaired) electrons. The average Bonchev–Trinajstić information content (AvgIpc) is 2.33. The highest BCUT2D eigenvalue weighted by atomic mass is 16.4. The van der Waals surface area contributed by atoms with E-state index in [1.807, 2.05) is 0 Å². The summed E-state index contributed by atoms with van der Waals surface area (Å²) in [7, 11) is 0. The highest BCUT2D eigenvalue weighted by molar-refractivity contribution is 5.66. The van der Waals surface area contributed by atoms with Crippen LogP contribution in [0.15, 0.2) is 12.2 Å². The lowest BCUT2D eigenvalue weighted by atomic mass is 9.45. The molecule has 0 aromatic heterocycles. The van der Waals surface area contributed by atoms with Gasteiger partial charge in [0, 0.05) is 6.42 Å². The quantitative estimate of drug-likeness (QED) is 0.565. The van der Waals surface area contributed by atoms with E-state index in [2.05, 4.69) is 26.0 Å². The Bertz CT molecular complexity index is 328. The highest BCUT2D eigenvalue weighted by Crippen LogP contribution is 2.62. The molecule has 3 atom stereocenters. The molecule has 0 aromatic rings. The summed E-state index contributed by atoms with van der Waals surface area (Å²) in [5, 5.41) is 8.55. The van der Waals surface area contributed by atoms with Crippen LogP contribution in [0.3, 0.4) is 0 Å². The van der Waals surface area contributed by atoms with Crippen LogP contribution >= 0.6 is 0 Å². The van der Waals surface area contributed by atoms with Gasteiger partial charge in [-0.25, -0.2) is 0 Å². The number of aliphatic carboxylic acids is 1. The molecular formula is C16H26O2. The summed E-state index contributed by atoms with van der Waals surface area (Å²) in [5.41, 5.74) is 0.583. The topological polar surface area (TPSA) is 37.3 Å². The zero-order chi connectivity index (χ0) is 13.2. The first-order valence-electron chi connectivity index (χ1n) is 7.38. The molecule has 18 heavy (non-hydrogen) atoms. The van der Waals surface area contributed by atoms with Crippen LogP contribution < -0.4 is 0 Å². The maximum absolute atomic E-state index is 10.4. The summed E-state index contributed by atoms with van der Waals surface area (Å²) in [6.45, 7) is 4.88. The van der Waals surface area contributed by atoms with Crippen molar-refractivity contribution in [3.05, 3.63) is 12.2 Å². The van der Waals surface area contributed by atoms with Crippen molar-refractivity contribution in [2.24, 2.45) is 23.2 Å². The van der Waals surface area contributed by atoms with Gasteiger partial charge >= 0.3 is 5.97 Å². The van der Waals surface area contributed by atoms with Crippen molar-refractivity contribution in [1.82, 2.24) is 0 Å². The average molecular weight is 250 g/mol. The standard InChI is InChI=1S/C16H26O2/c1-16(2)13-10-9-12(14(16)11-13)7-5-3-4-6-8-15(17)18/h3,5,12-14H,4,6-11H2,1-2H3,(H,17,18)/b5-3-/t12-,13+,14+/m0/s1. The lowest BCUT2D eigenvalue weighted by Crippen LogP contribution is -2.52. The van der Waals surface area contributed by atoms with Crippen LogP contribution in [-0.4, -0.2) is 11.1 Å². The van der Waals surface area contributed by atoms with Crippen LogP contribution in [0.25, 0.3) is 0 Å². The third-order valence-electron chi connectivity index (χ3n) is 5.37. The molecule has 2 nitrogen and oxygen atoms in total. The Balaban J connectivity index is 1.68. The second-order valence-electron chi connectivity index (χ2n) is 6.69. The predicted molar refractivity (Wildman–Crippen MR) is 73.3 cm³/mol. The van der Waals surface area contributed by atoms with Crippen molar-refractivity contribution in [2.75, 3.05) is 0 Å². The van der Waals surface area contributed by atoms with Crippen LogP contribution in [0, 0.1) is 23.2 Å². The molecule has 3 aliphatic rings.